The van der Waals surface area contributed by atoms with Crippen LogP contribution in [0.2, 0.25) is 5.02 Å². The van der Waals surface area contributed by atoms with Crippen molar-refractivity contribution in [1.82, 2.24) is 4.98 Å². The van der Waals surface area contributed by atoms with Crippen LogP contribution < -0.4 is 4.90 Å². The van der Waals surface area contributed by atoms with Crippen LogP contribution in [-0.2, 0) is 4.79 Å². The van der Waals surface area contributed by atoms with E-state index in [2.05, 4.69) is 9.98 Å². The lowest BCUT2D eigenvalue weighted by Gasteiger charge is -2.18. The fourth-order valence-corrected chi connectivity index (χ4v) is 2.88. The summed E-state index contributed by atoms with van der Waals surface area (Å²) in [5.41, 5.74) is 2.37. The lowest BCUT2D eigenvalue weighted by Crippen LogP contribution is -2.32. The van der Waals surface area contributed by atoms with E-state index < -0.39 is 0 Å². The van der Waals surface area contributed by atoms with Crippen molar-refractivity contribution in [3.8, 4) is 0 Å². The summed E-state index contributed by atoms with van der Waals surface area (Å²) in [4.78, 5) is 23.0. The summed E-state index contributed by atoms with van der Waals surface area (Å²) in [6.45, 7) is 0. The van der Waals surface area contributed by atoms with Gasteiger partial charge in [0.25, 0.3) is 5.91 Å². The molecular weight excluding hydrogens is 365 g/mol. The summed E-state index contributed by atoms with van der Waals surface area (Å²) < 4.78 is 13.3. The first kappa shape index (κ1) is 17.1. The Labute approximate surface area is 160 Å². The molecule has 2 heterocycles. The van der Waals surface area contributed by atoms with Crippen molar-refractivity contribution in [2.75, 3.05) is 4.90 Å². The van der Waals surface area contributed by atoms with Crippen LogP contribution in [0.5, 0.6) is 0 Å². The van der Waals surface area contributed by atoms with Gasteiger partial charge >= 0.3 is 0 Å². The van der Waals surface area contributed by atoms with E-state index in [1.165, 1.54) is 17.0 Å². The van der Waals surface area contributed by atoms with Crippen molar-refractivity contribution in [2.24, 2.45) is 4.99 Å². The van der Waals surface area contributed by atoms with Gasteiger partial charge in [-0.05, 0) is 72.3 Å². The normalized spacial score (nSPS) is 15.3. The molecule has 0 bridgehead atoms. The number of rotatable bonds is 3. The molecule has 132 valence electrons. The number of carbonyl (C=O) groups is 1. The van der Waals surface area contributed by atoms with Gasteiger partial charge in [-0.2, -0.15) is 0 Å². The van der Waals surface area contributed by atoms with Crippen LogP contribution in [0.15, 0.2) is 83.7 Å². The molecule has 0 saturated heterocycles. The van der Waals surface area contributed by atoms with Gasteiger partial charge in [0.15, 0.2) is 0 Å². The Morgan fingerprint density at radius 3 is 2.26 bits per heavy atom. The SMILES string of the molecule is O=C1/C(=C\c2ccncc2)N=C(c2ccc(Cl)cc2)N1c1ccc(F)cc1. The molecule has 0 radical (unpaired) electrons. The number of aliphatic imine (C=N–C) groups is 1. The third kappa shape index (κ3) is 3.50. The first-order valence-corrected chi connectivity index (χ1v) is 8.56. The molecule has 1 amide bonds. The number of aromatic nitrogens is 1. The zero-order valence-electron chi connectivity index (χ0n) is 14.0. The quantitative estimate of drug-likeness (QED) is 0.620. The van der Waals surface area contributed by atoms with Gasteiger partial charge in [-0.25, -0.2) is 9.38 Å². The number of hydrogen-bond donors (Lipinski definition) is 0. The van der Waals surface area contributed by atoms with Gasteiger partial charge in [-0.15, -0.1) is 0 Å². The van der Waals surface area contributed by atoms with Crippen molar-refractivity contribution >= 4 is 35.1 Å². The molecule has 0 saturated carbocycles. The van der Waals surface area contributed by atoms with E-state index >= 15 is 0 Å². The second-order valence-electron chi connectivity index (χ2n) is 5.87. The predicted octanol–water partition coefficient (Wildman–Crippen LogP) is 4.71. The number of amides is 1. The van der Waals surface area contributed by atoms with Crippen molar-refractivity contribution in [3.05, 3.63) is 101 Å². The van der Waals surface area contributed by atoms with Crippen LogP contribution in [0.1, 0.15) is 11.1 Å². The molecule has 0 N–H and O–H groups in total. The van der Waals surface area contributed by atoms with Crippen molar-refractivity contribution in [2.45, 2.75) is 0 Å². The molecule has 0 atom stereocenters. The van der Waals surface area contributed by atoms with Crippen LogP contribution in [-0.4, -0.2) is 16.7 Å². The maximum Gasteiger partial charge on any atom is 0.282 e. The first-order chi connectivity index (χ1) is 13.1. The van der Waals surface area contributed by atoms with Crippen LogP contribution in [0.25, 0.3) is 6.08 Å². The summed E-state index contributed by atoms with van der Waals surface area (Å²) >= 11 is 5.97. The molecule has 4 rings (SSSR count). The summed E-state index contributed by atoms with van der Waals surface area (Å²) in [6.07, 6.45) is 4.99. The highest BCUT2D eigenvalue weighted by atomic mass is 35.5. The first-order valence-electron chi connectivity index (χ1n) is 8.18. The Kier molecular flexibility index (Phi) is 4.52. The average Bonchev–Trinajstić information content (AvgIpc) is 3.00. The number of carbonyl (C=O) groups excluding carboxylic acids is 1. The molecule has 6 heteroatoms. The summed E-state index contributed by atoms with van der Waals surface area (Å²) in [5.74, 6) is -0.199. The van der Waals surface area contributed by atoms with Gasteiger partial charge in [0, 0.05) is 23.0 Å². The molecule has 0 aliphatic carbocycles. The van der Waals surface area contributed by atoms with Crippen LogP contribution in [0.3, 0.4) is 0 Å². The van der Waals surface area contributed by atoms with Crippen LogP contribution in [0.4, 0.5) is 10.1 Å². The van der Waals surface area contributed by atoms with Crippen molar-refractivity contribution in [3.63, 3.8) is 0 Å². The Morgan fingerprint density at radius 2 is 1.59 bits per heavy atom. The van der Waals surface area contributed by atoms with E-state index in [1.807, 2.05) is 0 Å². The highest BCUT2D eigenvalue weighted by Crippen LogP contribution is 2.28. The fraction of sp³-hybridized carbons (Fsp3) is 0. The van der Waals surface area contributed by atoms with E-state index in [1.54, 1.807) is 67.0 Å². The molecule has 0 spiro atoms. The molecule has 0 unspecified atom stereocenters. The van der Waals surface area contributed by atoms with E-state index in [0.29, 0.717) is 16.5 Å². The lowest BCUT2D eigenvalue weighted by molar-refractivity contribution is -0.113. The third-order valence-corrected chi connectivity index (χ3v) is 4.31. The Morgan fingerprint density at radius 1 is 0.926 bits per heavy atom. The highest BCUT2D eigenvalue weighted by molar-refractivity contribution is 6.34. The number of pyridine rings is 1. The summed E-state index contributed by atoms with van der Waals surface area (Å²) in [6, 6.07) is 16.4. The largest absolute Gasteiger partial charge is 0.282 e. The van der Waals surface area contributed by atoms with Gasteiger partial charge in [0.1, 0.15) is 17.3 Å². The second-order valence-corrected chi connectivity index (χ2v) is 6.31. The van der Waals surface area contributed by atoms with Gasteiger partial charge in [0.2, 0.25) is 0 Å². The van der Waals surface area contributed by atoms with E-state index in [9.17, 15) is 9.18 Å². The molecule has 1 aromatic heterocycles. The minimum atomic E-state index is -0.372. The highest BCUT2D eigenvalue weighted by Gasteiger charge is 2.32. The molecule has 27 heavy (non-hydrogen) atoms. The Balaban J connectivity index is 1.82. The Bertz CT molecular complexity index is 1050. The van der Waals surface area contributed by atoms with E-state index in [4.69, 9.17) is 11.6 Å². The number of halogens is 2. The van der Waals surface area contributed by atoms with Crippen molar-refractivity contribution in [1.29, 1.82) is 0 Å². The third-order valence-electron chi connectivity index (χ3n) is 4.06. The number of hydrogen-bond acceptors (Lipinski definition) is 3. The molecule has 3 aromatic rings. The molecule has 1 aliphatic rings. The zero-order valence-corrected chi connectivity index (χ0v) is 14.8. The standard InChI is InChI=1S/C21H13ClFN3O/c22-16-3-1-15(2-4-16)20-25-19(13-14-9-11-24-12-10-14)21(27)26(20)18-7-5-17(23)6-8-18/h1-13H/b19-13+. The number of benzene rings is 2. The van der Waals surface area contributed by atoms with E-state index in [-0.39, 0.29) is 17.4 Å². The smallest absolute Gasteiger partial charge is 0.266 e. The Hall–Kier alpha value is -3.31. The summed E-state index contributed by atoms with van der Waals surface area (Å²) in [7, 11) is 0. The van der Waals surface area contributed by atoms with Gasteiger partial charge in [-0.3, -0.25) is 14.7 Å². The monoisotopic (exact) mass is 377 g/mol. The molecule has 1 aliphatic heterocycles. The van der Waals surface area contributed by atoms with Crippen LogP contribution in [0, 0.1) is 5.82 Å². The number of amidine groups is 1. The topological polar surface area (TPSA) is 45.6 Å². The predicted molar refractivity (Wildman–Crippen MR) is 104 cm³/mol. The molecule has 2 aromatic carbocycles. The lowest BCUT2D eigenvalue weighted by atomic mass is 10.1. The van der Waals surface area contributed by atoms with Crippen molar-refractivity contribution < 1.29 is 9.18 Å². The maximum atomic E-state index is 13.3. The van der Waals surface area contributed by atoms with E-state index in [0.717, 1.165) is 11.1 Å². The van der Waals surface area contributed by atoms with Gasteiger partial charge < -0.3 is 0 Å². The average molecular weight is 378 g/mol. The number of anilines is 1. The minimum Gasteiger partial charge on any atom is -0.266 e. The maximum absolute atomic E-state index is 13.3. The molecule has 4 nitrogen and oxygen atoms in total. The number of nitrogens with zero attached hydrogens (tertiary/aromatic N) is 3. The fourth-order valence-electron chi connectivity index (χ4n) is 2.76. The minimum absolute atomic E-state index is 0.287. The summed E-state index contributed by atoms with van der Waals surface area (Å²) in [5, 5.41) is 0.588. The van der Waals surface area contributed by atoms with Gasteiger partial charge in [0.05, 0.1) is 5.69 Å². The van der Waals surface area contributed by atoms with Crippen LogP contribution >= 0.6 is 11.6 Å². The zero-order chi connectivity index (χ0) is 18.8. The molecular formula is C21H13ClFN3O. The second kappa shape index (κ2) is 7.13. The van der Waals surface area contributed by atoms with Gasteiger partial charge in [-0.1, -0.05) is 11.6 Å². The molecule has 0 fully saturated rings.